The van der Waals surface area contributed by atoms with Gasteiger partial charge in [-0.25, -0.2) is 0 Å². The first-order chi connectivity index (χ1) is 7.02. The third kappa shape index (κ3) is 2.39. The summed E-state index contributed by atoms with van der Waals surface area (Å²) in [5, 5.41) is 0. The summed E-state index contributed by atoms with van der Waals surface area (Å²) >= 11 is 0. The van der Waals surface area contributed by atoms with Crippen LogP contribution in [0.4, 0.5) is 0 Å². The molecule has 2 atom stereocenters. The van der Waals surface area contributed by atoms with Crippen molar-refractivity contribution in [3.8, 4) is 0 Å². The van der Waals surface area contributed by atoms with Crippen LogP contribution >= 0.6 is 0 Å². The van der Waals surface area contributed by atoms with Crippen LogP contribution in [0.25, 0.3) is 0 Å². The van der Waals surface area contributed by atoms with Crippen LogP contribution in [0.1, 0.15) is 31.9 Å². The quantitative estimate of drug-likeness (QED) is 0.819. The topological polar surface area (TPSA) is 29.3 Å². The van der Waals surface area contributed by atoms with Gasteiger partial charge in [-0.3, -0.25) is 0 Å². The summed E-state index contributed by atoms with van der Waals surface area (Å²) in [6.07, 6.45) is 1.04. The molecule has 0 amide bonds. The zero-order valence-electron chi connectivity index (χ0n) is 10.2. The van der Waals surface area contributed by atoms with Crippen molar-refractivity contribution < 1.29 is 0 Å². The summed E-state index contributed by atoms with van der Waals surface area (Å²) in [4.78, 5) is 2.21. The fraction of sp³-hybridized carbons (Fsp3) is 0.538. The molecular weight excluding hydrogens is 184 g/mol. The predicted octanol–water partition coefficient (Wildman–Crippen LogP) is 2.42. The molecule has 1 aromatic rings. The fourth-order valence-corrected chi connectivity index (χ4v) is 1.83. The lowest BCUT2D eigenvalue weighted by Crippen LogP contribution is -2.49. The van der Waals surface area contributed by atoms with Gasteiger partial charge in [-0.1, -0.05) is 37.3 Å². The van der Waals surface area contributed by atoms with Crippen LogP contribution in [0.3, 0.4) is 0 Å². The van der Waals surface area contributed by atoms with Crippen LogP contribution in [0.2, 0.25) is 0 Å². The van der Waals surface area contributed by atoms with Crippen molar-refractivity contribution in [2.45, 2.75) is 31.8 Å². The van der Waals surface area contributed by atoms with Gasteiger partial charge in [0.25, 0.3) is 0 Å². The maximum Gasteiger partial charge on any atom is 0.0479 e. The van der Waals surface area contributed by atoms with Crippen molar-refractivity contribution in [2.24, 2.45) is 5.73 Å². The third-order valence-electron chi connectivity index (χ3n) is 3.57. The SMILES string of the molecule is CC[C@@](C)([C@H](N)c1ccccc1)N(C)C. The van der Waals surface area contributed by atoms with Crippen LogP contribution in [0.15, 0.2) is 30.3 Å². The Bertz CT molecular complexity index is 295. The summed E-state index contributed by atoms with van der Waals surface area (Å²) in [6, 6.07) is 10.4. The molecule has 15 heavy (non-hydrogen) atoms. The minimum atomic E-state index is 0.0152. The van der Waals surface area contributed by atoms with Gasteiger partial charge in [-0.2, -0.15) is 0 Å². The first-order valence-corrected chi connectivity index (χ1v) is 5.50. The summed E-state index contributed by atoms with van der Waals surface area (Å²) in [7, 11) is 4.18. The van der Waals surface area contributed by atoms with Crippen molar-refractivity contribution in [1.29, 1.82) is 0 Å². The summed E-state index contributed by atoms with van der Waals surface area (Å²) < 4.78 is 0. The van der Waals surface area contributed by atoms with Gasteiger partial charge in [-0.05, 0) is 33.0 Å². The Balaban J connectivity index is 2.97. The van der Waals surface area contributed by atoms with E-state index < -0.39 is 0 Å². The lowest BCUT2D eigenvalue weighted by atomic mass is 9.84. The first kappa shape index (κ1) is 12.2. The normalized spacial score (nSPS) is 17.5. The lowest BCUT2D eigenvalue weighted by molar-refractivity contribution is 0.132. The highest BCUT2D eigenvalue weighted by Crippen LogP contribution is 2.30. The molecule has 0 heterocycles. The average molecular weight is 206 g/mol. The van der Waals surface area contributed by atoms with E-state index in [9.17, 15) is 0 Å². The standard InChI is InChI=1S/C13H22N2/c1-5-13(2,15(3)4)12(14)11-9-7-6-8-10-11/h6-10,12H,5,14H2,1-4H3/t12-,13+/m1/s1. The van der Waals surface area contributed by atoms with Crippen molar-refractivity contribution in [3.63, 3.8) is 0 Å². The molecule has 2 heteroatoms. The number of hydrogen-bond acceptors (Lipinski definition) is 2. The van der Waals surface area contributed by atoms with Gasteiger partial charge >= 0.3 is 0 Å². The molecule has 2 nitrogen and oxygen atoms in total. The Kier molecular flexibility index (Phi) is 3.89. The van der Waals surface area contributed by atoms with Crippen LogP contribution in [0.5, 0.6) is 0 Å². The molecule has 0 fully saturated rings. The van der Waals surface area contributed by atoms with E-state index in [4.69, 9.17) is 5.73 Å². The Morgan fingerprint density at radius 3 is 2.20 bits per heavy atom. The highest BCUT2D eigenvalue weighted by Gasteiger charge is 2.32. The molecule has 0 aliphatic carbocycles. The molecule has 0 bridgehead atoms. The third-order valence-corrected chi connectivity index (χ3v) is 3.57. The zero-order chi connectivity index (χ0) is 11.5. The Morgan fingerprint density at radius 1 is 1.27 bits per heavy atom. The number of nitrogens with zero attached hydrogens (tertiary/aromatic N) is 1. The van der Waals surface area contributed by atoms with Gasteiger partial charge < -0.3 is 10.6 Å². The average Bonchev–Trinajstić information content (AvgIpc) is 2.28. The molecule has 84 valence electrons. The van der Waals surface area contributed by atoms with E-state index in [-0.39, 0.29) is 11.6 Å². The molecule has 0 spiro atoms. The molecule has 0 unspecified atom stereocenters. The Hall–Kier alpha value is -0.860. The first-order valence-electron chi connectivity index (χ1n) is 5.50. The molecule has 0 radical (unpaired) electrons. The van der Waals surface area contributed by atoms with Crippen molar-refractivity contribution >= 4 is 0 Å². The van der Waals surface area contributed by atoms with E-state index in [1.165, 1.54) is 5.56 Å². The summed E-state index contributed by atoms with van der Waals surface area (Å²) in [6.45, 7) is 4.40. The van der Waals surface area contributed by atoms with Gasteiger partial charge in [-0.15, -0.1) is 0 Å². The second kappa shape index (κ2) is 4.77. The maximum absolute atomic E-state index is 6.34. The van der Waals surface area contributed by atoms with Gasteiger partial charge in [0, 0.05) is 11.6 Å². The van der Waals surface area contributed by atoms with Gasteiger partial charge in [0.2, 0.25) is 0 Å². The molecule has 0 saturated carbocycles. The zero-order valence-corrected chi connectivity index (χ0v) is 10.2. The summed E-state index contributed by atoms with van der Waals surface area (Å²) in [5.74, 6) is 0. The molecule has 0 saturated heterocycles. The van der Waals surface area contributed by atoms with E-state index in [0.717, 1.165) is 6.42 Å². The van der Waals surface area contributed by atoms with Crippen molar-refractivity contribution in [3.05, 3.63) is 35.9 Å². The predicted molar refractivity (Wildman–Crippen MR) is 65.8 cm³/mol. The molecule has 2 N–H and O–H groups in total. The Morgan fingerprint density at radius 2 is 1.80 bits per heavy atom. The highest BCUT2D eigenvalue weighted by molar-refractivity contribution is 5.22. The van der Waals surface area contributed by atoms with E-state index >= 15 is 0 Å². The van der Waals surface area contributed by atoms with E-state index in [1.807, 2.05) is 18.2 Å². The van der Waals surface area contributed by atoms with Gasteiger partial charge in [0.05, 0.1) is 0 Å². The minimum Gasteiger partial charge on any atom is -0.322 e. The molecule has 0 aliphatic heterocycles. The minimum absolute atomic E-state index is 0.0152. The van der Waals surface area contributed by atoms with Gasteiger partial charge in [0.15, 0.2) is 0 Å². The van der Waals surface area contributed by atoms with Crippen molar-refractivity contribution in [1.82, 2.24) is 4.90 Å². The van der Waals surface area contributed by atoms with Crippen LogP contribution < -0.4 is 5.73 Å². The molecule has 1 rings (SSSR count). The largest absolute Gasteiger partial charge is 0.322 e. The fourth-order valence-electron chi connectivity index (χ4n) is 1.83. The maximum atomic E-state index is 6.34. The van der Waals surface area contributed by atoms with Crippen LogP contribution in [-0.4, -0.2) is 24.5 Å². The molecule has 1 aromatic carbocycles. The Labute approximate surface area is 93.1 Å². The van der Waals surface area contributed by atoms with Crippen LogP contribution in [-0.2, 0) is 0 Å². The number of benzene rings is 1. The molecule has 0 aromatic heterocycles. The lowest BCUT2D eigenvalue weighted by Gasteiger charge is -2.41. The molecule has 0 aliphatic rings. The number of rotatable bonds is 4. The van der Waals surface area contributed by atoms with Gasteiger partial charge in [0.1, 0.15) is 0 Å². The number of nitrogens with two attached hydrogens (primary N) is 1. The smallest absolute Gasteiger partial charge is 0.0479 e. The van der Waals surface area contributed by atoms with E-state index in [1.54, 1.807) is 0 Å². The summed E-state index contributed by atoms with van der Waals surface area (Å²) in [5.41, 5.74) is 7.56. The van der Waals surface area contributed by atoms with E-state index in [2.05, 4.69) is 45.0 Å². The molecular formula is C13H22N2. The second-order valence-corrected chi connectivity index (χ2v) is 4.49. The monoisotopic (exact) mass is 206 g/mol. The number of hydrogen-bond donors (Lipinski definition) is 1. The number of likely N-dealkylation sites (N-methyl/N-ethyl adjacent to an activating group) is 1. The van der Waals surface area contributed by atoms with E-state index in [0.29, 0.717) is 0 Å². The highest BCUT2D eigenvalue weighted by atomic mass is 15.2. The van der Waals surface area contributed by atoms with Crippen LogP contribution in [0, 0.1) is 0 Å². The second-order valence-electron chi connectivity index (χ2n) is 4.49. The van der Waals surface area contributed by atoms with Crippen molar-refractivity contribution in [2.75, 3.05) is 14.1 Å².